The zero-order chi connectivity index (χ0) is 28.2. The quantitative estimate of drug-likeness (QED) is 0.186. The highest BCUT2D eigenvalue weighted by atomic mass is 32.2. The topological polar surface area (TPSA) is 127 Å². The molecule has 0 aliphatic rings. The largest absolute Gasteiger partial charge is 0.318 e. The maximum absolute atomic E-state index is 13.5. The van der Waals surface area contributed by atoms with E-state index in [2.05, 4.69) is 15.1 Å². The number of carbonyl (C=O) groups excluding carboxylic acids is 1. The van der Waals surface area contributed by atoms with E-state index in [9.17, 15) is 23.3 Å². The molecule has 4 rings (SSSR count). The highest BCUT2D eigenvalue weighted by Gasteiger charge is 2.31. The van der Waals surface area contributed by atoms with Crippen LogP contribution < -0.4 is 9.73 Å². The molecule has 11 heteroatoms. The normalized spacial score (nSPS) is 11.5. The molecular formula is C28H27N5O5S. The fourth-order valence-electron chi connectivity index (χ4n) is 4.29. The van der Waals surface area contributed by atoms with Gasteiger partial charge in [0, 0.05) is 28.7 Å². The van der Waals surface area contributed by atoms with Crippen LogP contribution >= 0.6 is 0 Å². The number of nitro benzene ring substituents is 1. The monoisotopic (exact) mass is 545 g/mol. The van der Waals surface area contributed by atoms with Gasteiger partial charge in [-0.1, -0.05) is 48.5 Å². The van der Waals surface area contributed by atoms with Gasteiger partial charge in [-0.25, -0.2) is 18.1 Å². The molecule has 0 atom stereocenters. The highest BCUT2D eigenvalue weighted by molar-refractivity contribution is 7.92. The van der Waals surface area contributed by atoms with Crippen LogP contribution in [-0.2, 0) is 14.8 Å². The molecular weight excluding hydrogens is 518 g/mol. The molecule has 1 N–H and O–H groups in total. The number of hydrazone groups is 1. The third-order valence-corrected chi connectivity index (χ3v) is 7.96. The van der Waals surface area contributed by atoms with E-state index in [0.29, 0.717) is 0 Å². The lowest BCUT2D eigenvalue weighted by molar-refractivity contribution is -0.384. The number of benzene rings is 3. The molecule has 39 heavy (non-hydrogen) atoms. The Morgan fingerprint density at radius 1 is 1.00 bits per heavy atom. The number of nitrogens with zero attached hydrogens (tertiary/aromatic N) is 4. The summed E-state index contributed by atoms with van der Waals surface area (Å²) in [6, 6.07) is 22.7. The molecule has 0 spiro atoms. The van der Waals surface area contributed by atoms with Crippen molar-refractivity contribution in [2.45, 2.75) is 25.7 Å². The average molecular weight is 546 g/mol. The summed E-state index contributed by atoms with van der Waals surface area (Å²) in [4.78, 5) is 23.7. The van der Waals surface area contributed by atoms with E-state index < -0.39 is 33.1 Å². The smallest absolute Gasteiger partial charge is 0.293 e. The molecule has 0 saturated carbocycles. The van der Waals surface area contributed by atoms with E-state index in [1.54, 1.807) is 6.07 Å². The predicted molar refractivity (Wildman–Crippen MR) is 150 cm³/mol. The molecule has 1 heterocycles. The van der Waals surface area contributed by atoms with Crippen molar-refractivity contribution >= 4 is 33.5 Å². The number of anilines is 1. The van der Waals surface area contributed by atoms with Crippen LogP contribution in [0.1, 0.15) is 22.5 Å². The number of aryl methyl sites for hydroxylation is 2. The first-order valence-electron chi connectivity index (χ1n) is 12.0. The summed E-state index contributed by atoms with van der Waals surface area (Å²) in [6.45, 7) is 5.20. The minimum Gasteiger partial charge on any atom is -0.318 e. The number of aromatic nitrogens is 1. The predicted octanol–water partition coefficient (Wildman–Crippen LogP) is 4.66. The number of sulfonamides is 1. The van der Waals surface area contributed by atoms with Crippen molar-refractivity contribution in [3.63, 3.8) is 0 Å². The second kappa shape index (κ2) is 11.3. The lowest BCUT2D eigenvalue weighted by Crippen LogP contribution is -2.39. The SMILES string of the molecule is Cc1ccccc1-n1c(C)cc(/C=N\NC(=O)CN(c2ccccc2[N+](=O)[O-])S(=O)(=O)c2ccccc2)c1C. The Morgan fingerprint density at radius 3 is 2.33 bits per heavy atom. The summed E-state index contributed by atoms with van der Waals surface area (Å²) in [7, 11) is -4.31. The third-order valence-electron chi connectivity index (χ3n) is 6.19. The number of hydrogen-bond acceptors (Lipinski definition) is 6. The summed E-state index contributed by atoms with van der Waals surface area (Å²) >= 11 is 0. The van der Waals surface area contributed by atoms with Crippen molar-refractivity contribution in [2.75, 3.05) is 10.8 Å². The Balaban J connectivity index is 1.60. The second-order valence-corrected chi connectivity index (χ2v) is 10.7. The van der Waals surface area contributed by atoms with Crippen molar-refractivity contribution in [1.29, 1.82) is 0 Å². The highest BCUT2D eigenvalue weighted by Crippen LogP contribution is 2.32. The first-order valence-corrected chi connectivity index (χ1v) is 13.4. The summed E-state index contributed by atoms with van der Waals surface area (Å²) in [5.41, 5.74) is 6.47. The fraction of sp³-hybridized carbons (Fsp3) is 0.143. The van der Waals surface area contributed by atoms with Crippen molar-refractivity contribution in [3.8, 4) is 5.69 Å². The zero-order valence-electron chi connectivity index (χ0n) is 21.6. The van der Waals surface area contributed by atoms with Crippen LogP contribution in [-0.4, -0.2) is 36.6 Å². The Kier molecular flexibility index (Phi) is 7.91. The number of amides is 1. The molecule has 200 valence electrons. The number of para-hydroxylation sites is 3. The molecule has 4 aromatic rings. The Labute approximate surface area is 226 Å². The Morgan fingerprint density at radius 2 is 1.64 bits per heavy atom. The molecule has 0 fully saturated rings. The molecule has 0 radical (unpaired) electrons. The van der Waals surface area contributed by atoms with E-state index in [-0.39, 0.29) is 10.6 Å². The molecule has 3 aromatic carbocycles. The third kappa shape index (κ3) is 5.73. The van der Waals surface area contributed by atoms with Crippen LogP contribution in [0.3, 0.4) is 0 Å². The standard InChI is InChI=1S/C28H27N5O5S/c1-20-11-7-8-14-25(20)32-21(2)17-23(22(32)3)18-29-30-28(34)19-31(26-15-9-10-16-27(26)33(35)36)39(37,38)24-12-5-4-6-13-24/h4-18H,19H2,1-3H3,(H,30,34)/b29-18-. The van der Waals surface area contributed by atoms with Gasteiger partial charge in [0.1, 0.15) is 12.2 Å². The molecule has 1 aromatic heterocycles. The van der Waals surface area contributed by atoms with Crippen LogP contribution in [0.25, 0.3) is 5.69 Å². The van der Waals surface area contributed by atoms with Gasteiger partial charge in [0.2, 0.25) is 0 Å². The van der Waals surface area contributed by atoms with E-state index in [0.717, 1.165) is 32.5 Å². The minimum atomic E-state index is -4.31. The van der Waals surface area contributed by atoms with Gasteiger partial charge in [-0.3, -0.25) is 14.9 Å². The molecule has 1 amide bonds. The van der Waals surface area contributed by atoms with Gasteiger partial charge in [-0.15, -0.1) is 0 Å². The first-order chi connectivity index (χ1) is 18.6. The summed E-state index contributed by atoms with van der Waals surface area (Å²) in [5, 5.41) is 15.7. The maximum Gasteiger partial charge on any atom is 0.293 e. The van der Waals surface area contributed by atoms with Crippen LogP contribution in [0.2, 0.25) is 0 Å². The molecule has 0 unspecified atom stereocenters. The van der Waals surface area contributed by atoms with Crippen molar-refractivity contribution in [2.24, 2.45) is 5.10 Å². The van der Waals surface area contributed by atoms with Crippen molar-refractivity contribution < 1.29 is 18.1 Å². The van der Waals surface area contributed by atoms with Crippen molar-refractivity contribution in [1.82, 2.24) is 9.99 Å². The first kappa shape index (κ1) is 27.3. The van der Waals surface area contributed by atoms with Gasteiger partial charge in [0.25, 0.3) is 21.6 Å². The van der Waals surface area contributed by atoms with Crippen LogP contribution in [0, 0.1) is 30.9 Å². The van der Waals surface area contributed by atoms with E-state index >= 15 is 0 Å². The Hall–Kier alpha value is -4.77. The van der Waals surface area contributed by atoms with Gasteiger partial charge in [0.05, 0.1) is 16.0 Å². The second-order valence-electron chi connectivity index (χ2n) is 8.81. The van der Waals surface area contributed by atoms with Gasteiger partial charge in [-0.2, -0.15) is 5.10 Å². The van der Waals surface area contributed by atoms with Gasteiger partial charge < -0.3 is 4.57 Å². The number of nitrogens with one attached hydrogen (secondary N) is 1. The average Bonchev–Trinajstić information content (AvgIpc) is 3.20. The van der Waals surface area contributed by atoms with Crippen LogP contribution in [0.15, 0.2) is 94.9 Å². The van der Waals surface area contributed by atoms with Gasteiger partial charge in [-0.05, 0) is 56.7 Å². The zero-order valence-corrected chi connectivity index (χ0v) is 22.4. The van der Waals surface area contributed by atoms with Gasteiger partial charge in [0.15, 0.2) is 0 Å². The van der Waals surface area contributed by atoms with Crippen LogP contribution in [0.4, 0.5) is 11.4 Å². The Bertz CT molecular complexity index is 1660. The molecule has 0 bridgehead atoms. The summed E-state index contributed by atoms with van der Waals surface area (Å²) in [5.74, 6) is -0.767. The minimum absolute atomic E-state index is 0.108. The molecule has 0 aliphatic heterocycles. The summed E-state index contributed by atoms with van der Waals surface area (Å²) < 4.78 is 29.7. The number of rotatable bonds is 9. The lowest BCUT2D eigenvalue weighted by Gasteiger charge is -2.23. The molecule has 0 aliphatic carbocycles. The number of hydrogen-bond donors (Lipinski definition) is 1. The van der Waals surface area contributed by atoms with E-state index in [1.807, 2.05) is 51.1 Å². The fourth-order valence-corrected chi connectivity index (χ4v) is 5.75. The van der Waals surface area contributed by atoms with Crippen LogP contribution in [0.5, 0.6) is 0 Å². The maximum atomic E-state index is 13.5. The van der Waals surface area contributed by atoms with E-state index in [1.165, 1.54) is 54.7 Å². The number of nitro groups is 1. The molecule has 10 nitrogen and oxygen atoms in total. The summed E-state index contributed by atoms with van der Waals surface area (Å²) in [6.07, 6.45) is 1.48. The van der Waals surface area contributed by atoms with Gasteiger partial charge >= 0.3 is 0 Å². The number of carbonyl (C=O) groups is 1. The van der Waals surface area contributed by atoms with E-state index in [4.69, 9.17) is 0 Å². The van der Waals surface area contributed by atoms with Crippen molar-refractivity contribution in [3.05, 3.63) is 118 Å². The molecule has 0 saturated heterocycles. The lowest BCUT2D eigenvalue weighted by atomic mass is 10.2.